The largest absolute Gasteiger partial charge is 0.478 e. The summed E-state index contributed by atoms with van der Waals surface area (Å²) in [6, 6.07) is 13.2. The smallest absolute Gasteiger partial charge is 0.335 e. The van der Waals surface area contributed by atoms with Crippen LogP contribution < -0.4 is 0 Å². The molecule has 0 unspecified atom stereocenters. The van der Waals surface area contributed by atoms with Crippen molar-refractivity contribution in [2.24, 2.45) is 0 Å². The summed E-state index contributed by atoms with van der Waals surface area (Å²) in [6.07, 6.45) is 46.7. The second-order valence-electron chi connectivity index (χ2n) is 18.0. The van der Waals surface area contributed by atoms with Crippen LogP contribution >= 0.6 is 21.6 Å². The summed E-state index contributed by atoms with van der Waals surface area (Å²) in [5, 5.41) is 17.6. The number of quaternary nitrogens is 1. The van der Waals surface area contributed by atoms with Crippen molar-refractivity contribution in [1.82, 2.24) is 0 Å². The molecule has 0 radical (unpaired) electrons. The molecule has 0 spiro atoms. The van der Waals surface area contributed by atoms with E-state index in [1.54, 1.807) is 48.5 Å². The van der Waals surface area contributed by atoms with E-state index in [-0.39, 0.29) is 11.1 Å². The third-order valence-corrected chi connectivity index (χ3v) is 14.8. The van der Waals surface area contributed by atoms with E-state index in [0.717, 1.165) is 9.79 Å². The molecule has 0 heterocycles. The minimum Gasteiger partial charge on any atom is -0.478 e. The van der Waals surface area contributed by atoms with Crippen LogP contribution in [0.25, 0.3) is 0 Å². The number of aromatic carboxylic acids is 2. The quantitative estimate of drug-likeness (QED) is 0.0394. The van der Waals surface area contributed by atoms with Crippen molar-refractivity contribution in [1.29, 1.82) is 0 Å². The maximum absolute atomic E-state index is 10.7. The van der Waals surface area contributed by atoms with Crippen molar-refractivity contribution < 1.29 is 24.3 Å². The molecule has 2 N–H and O–H groups in total. The fourth-order valence-corrected chi connectivity index (χ4v) is 10.3. The Bertz CT molecular complexity index is 1140. The topological polar surface area (TPSA) is 74.6 Å². The molecule has 7 heteroatoms. The third kappa shape index (κ3) is 32.4. The van der Waals surface area contributed by atoms with Crippen LogP contribution in [0.5, 0.6) is 0 Å². The fraction of sp³-hybridized carbons (Fsp3) is 0.741. The van der Waals surface area contributed by atoms with E-state index in [4.69, 9.17) is 10.2 Å². The molecule has 0 saturated heterocycles. The van der Waals surface area contributed by atoms with Gasteiger partial charge in [-0.2, -0.15) is 0 Å². The van der Waals surface area contributed by atoms with E-state index in [0.29, 0.717) is 0 Å². The van der Waals surface area contributed by atoms with Crippen LogP contribution in [0.1, 0.15) is 254 Å². The van der Waals surface area contributed by atoms with Crippen LogP contribution in [0.2, 0.25) is 0 Å². The van der Waals surface area contributed by atoms with Gasteiger partial charge in [0.05, 0.1) is 37.3 Å². The molecule has 0 atom stereocenters. The lowest BCUT2D eigenvalue weighted by Crippen LogP contribution is -2.50. The molecule has 2 aromatic carbocycles. The van der Waals surface area contributed by atoms with Crippen molar-refractivity contribution in [3.05, 3.63) is 59.7 Å². The first-order chi connectivity index (χ1) is 29.8. The molecule has 0 fully saturated rings. The monoisotopic (exact) mass is 885 g/mol. The number of unbranched alkanes of at least 4 members (excludes halogenated alkanes) is 28. The molecular formula is C54H94NO4S2+. The molecule has 61 heavy (non-hydrogen) atoms. The molecule has 0 saturated carbocycles. The number of benzene rings is 2. The first-order valence-electron chi connectivity index (χ1n) is 25.7. The van der Waals surface area contributed by atoms with E-state index in [1.807, 2.05) is 0 Å². The Kier molecular flexibility index (Phi) is 38.2. The van der Waals surface area contributed by atoms with Gasteiger partial charge in [-0.25, -0.2) is 9.59 Å². The summed E-state index contributed by atoms with van der Waals surface area (Å²) in [4.78, 5) is 23.3. The molecule has 2 rings (SSSR count). The highest BCUT2D eigenvalue weighted by atomic mass is 33.1. The normalized spacial score (nSPS) is 11.4. The number of hydrogen-bond donors (Lipinski definition) is 2. The molecule has 0 aliphatic rings. The van der Waals surface area contributed by atoms with Crippen molar-refractivity contribution in [2.75, 3.05) is 26.2 Å². The van der Waals surface area contributed by atoms with Crippen molar-refractivity contribution in [2.45, 2.75) is 243 Å². The van der Waals surface area contributed by atoms with Gasteiger partial charge in [0.15, 0.2) is 0 Å². The highest BCUT2D eigenvalue weighted by Gasteiger charge is 2.26. The van der Waals surface area contributed by atoms with Crippen LogP contribution in [0.3, 0.4) is 0 Å². The fourth-order valence-electron chi connectivity index (χ4n) is 8.40. The predicted molar refractivity (Wildman–Crippen MR) is 269 cm³/mol. The first-order valence-corrected chi connectivity index (χ1v) is 27.8. The molecule has 0 aliphatic heterocycles. The zero-order chi connectivity index (χ0) is 44.5. The Morgan fingerprint density at radius 1 is 0.344 bits per heavy atom. The molecule has 350 valence electrons. The van der Waals surface area contributed by atoms with Crippen LogP contribution in [0.4, 0.5) is 0 Å². The number of carboxylic acids is 2. The van der Waals surface area contributed by atoms with Crippen LogP contribution in [-0.2, 0) is 0 Å². The molecule has 0 aromatic heterocycles. The lowest BCUT2D eigenvalue weighted by Gasteiger charge is -2.40. The Morgan fingerprint density at radius 3 is 0.738 bits per heavy atom. The van der Waals surface area contributed by atoms with Gasteiger partial charge in [-0.3, -0.25) is 0 Å². The molecule has 0 aliphatic carbocycles. The van der Waals surface area contributed by atoms with Crippen molar-refractivity contribution in [3.63, 3.8) is 0 Å². The highest BCUT2D eigenvalue weighted by Crippen LogP contribution is 2.37. The maximum atomic E-state index is 10.7. The summed E-state index contributed by atoms with van der Waals surface area (Å²) in [5.41, 5.74) is 0.510. The van der Waals surface area contributed by atoms with Crippen LogP contribution in [0, 0.1) is 0 Å². The van der Waals surface area contributed by atoms with E-state index >= 15 is 0 Å². The summed E-state index contributed by atoms with van der Waals surface area (Å²) in [6.45, 7) is 15.3. The van der Waals surface area contributed by atoms with E-state index in [1.165, 1.54) is 258 Å². The summed E-state index contributed by atoms with van der Waals surface area (Å²) in [7, 11) is 2.97. The van der Waals surface area contributed by atoms with E-state index < -0.39 is 11.9 Å². The number of nitrogens with zero attached hydrogens (tertiary/aromatic N) is 1. The highest BCUT2D eigenvalue weighted by molar-refractivity contribution is 8.76. The average molecular weight is 885 g/mol. The number of rotatable bonds is 41. The minimum absolute atomic E-state index is 0.255. The Balaban J connectivity index is 0.000000766. The maximum Gasteiger partial charge on any atom is 0.335 e. The van der Waals surface area contributed by atoms with Gasteiger partial charge in [-0.05, 0) is 99.9 Å². The average Bonchev–Trinajstić information content (AvgIpc) is 3.27. The van der Waals surface area contributed by atoms with E-state index in [2.05, 4.69) is 27.7 Å². The van der Waals surface area contributed by atoms with Gasteiger partial charge in [-0.15, -0.1) is 0 Å². The Hall–Kier alpha value is -1.96. The van der Waals surface area contributed by atoms with Gasteiger partial charge >= 0.3 is 11.9 Å². The summed E-state index contributed by atoms with van der Waals surface area (Å²) < 4.78 is 1.48. The zero-order valence-electron chi connectivity index (χ0n) is 40.0. The van der Waals surface area contributed by atoms with Gasteiger partial charge in [0.25, 0.3) is 0 Å². The SMILES string of the molecule is CCCCCCCCCC[N+](CCCCCCCCCC)(CCCCCCCCCC)CCCCCCCCCC.O=C(O)c1ccc(SSc2ccc(C(=O)O)cc2)cc1. The molecule has 0 bridgehead atoms. The Morgan fingerprint density at radius 2 is 0.541 bits per heavy atom. The van der Waals surface area contributed by atoms with E-state index in [9.17, 15) is 9.59 Å². The second-order valence-corrected chi connectivity index (χ2v) is 20.2. The summed E-state index contributed by atoms with van der Waals surface area (Å²) >= 11 is 0. The minimum atomic E-state index is -0.946. The van der Waals surface area contributed by atoms with Gasteiger partial charge in [0.1, 0.15) is 0 Å². The Labute approximate surface area is 384 Å². The van der Waals surface area contributed by atoms with Gasteiger partial charge < -0.3 is 14.7 Å². The van der Waals surface area contributed by atoms with Crippen molar-refractivity contribution in [3.8, 4) is 0 Å². The zero-order valence-corrected chi connectivity index (χ0v) is 41.7. The lowest BCUT2D eigenvalue weighted by atomic mass is 10.0. The van der Waals surface area contributed by atoms with Crippen molar-refractivity contribution >= 4 is 33.5 Å². The molecule has 5 nitrogen and oxygen atoms in total. The van der Waals surface area contributed by atoms with Crippen LogP contribution in [0.15, 0.2) is 58.3 Å². The van der Waals surface area contributed by atoms with Gasteiger partial charge in [0.2, 0.25) is 0 Å². The van der Waals surface area contributed by atoms with Gasteiger partial charge in [-0.1, -0.05) is 203 Å². The standard InChI is InChI=1S/C40H84N.C14H10O4S2/c1-5-9-13-17-21-25-29-33-37-41(38-34-30-26-22-18-14-10-6-2,39-35-31-27-23-19-15-11-7-3)40-36-32-28-24-20-16-12-8-4;15-13(16)9-1-5-11(6-2-9)19-20-12-7-3-10(4-8-12)14(17)18/h5-40H2,1-4H3;1-8H,(H,15,16)(H,17,18)/q+1;. The number of carbonyl (C=O) groups is 2. The predicted octanol–water partition coefficient (Wildman–Crippen LogP) is 18.2. The van der Waals surface area contributed by atoms with Gasteiger partial charge in [0, 0.05) is 9.79 Å². The third-order valence-electron chi connectivity index (χ3n) is 12.4. The lowest BCUT2D eigenvalue weighted by molar-refractivity contribution is -0.929. The molecule has 2 aromatic rings. The summed E-state index contributed by atoms with van der Waals surface area (Å²) in [5.74, 6) is -1.89. The van der Waals surface area contributed by atoms with Crippen LogP contribution in [-0.4, -0.2) is 52.8 Å². The second kappa shape index (κ2) is 40.8. The number of carboxylic acid groups (broad SMARTS) is 2. The number of hydrogen-bond acceptors (Lipinski definition) is 4. The molecular weight excluding hydrogens is 791 g/mol. The molecule has 0 amide bonds. The first kappa shape index (κ1) is 57.1.